The van der Waals surface area contributed by atoms with E-state index in [2.05, 4.69) is 113 Å². The van der Waals surface area contributed by atoms with Gasteiger partial charge in [-0.1, -0.05) is 217 Å². The minimum Gasteiger partial charge on any atom is -0.365 e. The Morgan fingerprint density at radius 3 is 1.13 bits per heavy atom. The highest BCUT2D eigenvalue weighted by Crippen LogP contribution is 2.47. The summed E-state index contributed by atoms with van der Waals surface area (Å²) in [6.07, 6.45) is 41.3. The fourth-order valence-electron chi connectivity index (χ4n) is 11.0. The van der Waals surface area contributed by atoms with Crippen molar-refractivity contribution in [3.05, 3.63) is 107 Å². The van der Waals surface area contributed by atoms with Crippen LogP contribution in [-0.2, 0) is 17.6 Å². The van der Waals surface area contributed by atoms with E-state index in [9.17, 15) is 0 Å². The van der Waals surface area contributed by atoms with Gasteiger partial charge in [0.1, 0.15) is 0 Å². The number of hydrogen-bond donors (Lipinski definition) is 0. The maximum absolute atomic E-state index is 7.81. The van der Waals surface area contributed by atoms with E-state index in [1.807, 2.05) is 0 Å². The van der Waals surface area contributed by atoms with Crippen LogP contribution in [0.1, 0.15) is 229 Å². The van der Waals surface area contributed by atoms with E-state index >= 15 is 0 Å². The van der Waals surface area contributed by atoms with Gasteiger partial charge in [0.15, 0.2) is 0 Å². The molecule has 0 radical (unpaired) electrons. The summed E-state index contributed by atoms with van der Waals surface area (Å²) >= 11 is 0. The number of hydrogen-bond acceptors (Lipinski definition) is 3. The van der Waals surface area contributed by atoms with Gasteiger partial charge >= 0.3 is 0 Å². The van der Waals surface area contributed by atoms with Gasteiger partial charge in [-0.3, -0.25) is 9.97 Å². The Kier molecular flexibility index (Phi) is 21.8. The number of unbranched alkanes of at least 4 members (excludes halogenated alkanes) is 12. The summed E-state index contributed by atoms with van der Waals surface area (Å²) < 4.78 is 7.81. The Hall–Kier alpha value is -3.30. The predicted molar refractivity (Wildman–Crippen MR) is 270 cm³/mol. The fourth-order valence-corrected chi connectivity index (χ4v) is 11.0. The summed E-state index contributed by atoms with van der Waals surface area (Å²) in [7, 11) is 0. The van der Waals surface area contributed by atoms with Gasteiger partial charge in [-0.15, -0.1) is 0 Å². The van der Waals surface area contributed by atoms with Gasteiger partial charge in [-0.05, 0) is 109 Å². The lowest BCUT2D eigenvalue weighted by Gasteiger charge is -2.40. The predicted octanol–water partition coefficient (Wildman–Crippen LogP) is 18.4. The molecule has 63 heavy (non-hydrogen) atoms. The molecule has 0 spiro atoms. The van der Waals surface area contributed by atoms with Crippen LogP contribution in [0.4, 0.5) is 0 Å². The molecule has 2 aliphatic carbocycles. The van der Waals surface area contributed by atoms with Gasteiger partial charge in [0.25, 0.3) is 0 Å². The van der Waals surface area contributed by atoms with Crippen LogP contribution >= 0.6 is 0 Å². The first-order valence-corrected chi connectivity index (χ1v) is 26.8. The minimum atomic E-state index is 0.0846. The summed E-state index contributed by atoms with van der Waals surface area (Å²) in [6, 6.07) is 27.9. The minimum absolute atomic E-state index is 0.0846. The third kappa shape index (κ3) is 16.0. The van der Waals surface area contributed by atoms with Crippen molar-refractivity contribution in [3.63, 3.8) is 0 Å². The topological polar surface area (TPSA) is 35.0 Å². The summed E-state index contributed by atoms with van der Waals surface area (Å²) in [5.41, 5.74) is 9.94. The molecule has 2 unspecified atom stereocenters. The number of rotatable bonds is 28. The van der Waals surface area contributed by atoms with E-state index in [0.29, 0.717) is 11.8 Å². The second kappa shape index (κ2) is 27.9. The average molecular weight is 853 g/mol. The molecule has 0 aliphatic heterocycles. The van der Waals surface area contributed by atoms with Crippen LogP contribution in [0, 0.1) is 23.7 Å². The van der Waals surface area contributed by atoms with E-state index in [-0.39, 0.29) is 12.2 Å². The normalized spacial score (nSPS) is 20.1. The van der Waals surface area contributed by atoms with Crippen molar-refractivity contribution in [1.82, 2.24) is 9.97 Å². The Morgan fingerprint density at radius 1 is 0.413 bits per heavy atom. The van der Waals surface area contributed by atoms with Crippen molar-refractivity contribution < 1.29 is 4.74 Å². The van der Waals surface area contributed by atoms with Gasteiger partial charge < -0.3 is 4.74 Å². The van der Waals surface area contributed by atoms with Crippen molar-refractivity contribution in [2.45, 2.75) is 220 Å². The maximum Gasteiger partial charge on any atom is 0.0861 e. The SMILES string of the molecule is CCCCCCCC1CCC(C(OC(c2ccc(-c3ccc(CCCCC)cn3)cc2)C2CCC(CCCCCCC)CC2)c2ccc(-c3ccc(CCCCC)cn3)cc2)CC1. The first kappa shape index (κ1) is 49.1. The third-order valence-corrected chi connectivity index (χ3v) is 15.2. The Labute approximate surface area is 386 Å². The molecule has 0 bridgehead atoms. The third-order valence-electron chi connectivity index (χ3n) is 15.2. The highest BCUT2D eigenvalue weighted by atomic mass is 16.5. The van der Waals surface area contributed by atoms with Gasteiger partial charge in [-0.2, -0.15) is 0 Å². The molecule has 4 aromatic rings. The van der Waals surface area contributed by atoms with Gasteiger partial charge in [0.2, 0.25) is 0 Å². The van der Waals surface area contributed by atoms with Crippen molar-refractivity contribution >= 4 is 0 Å². The number of benzene rings is 2. The number of nitrogens with zero attached hydrogens (tertiary/aromatic N) is 2. The number of aromatic nitrogens is 2. The van der Waals surface area contributed by atoms with Crippen molar-refractivity contribution in [1.29, 1.82) is 0 Å². The van der Waals surface area contributed by atoms with Crippen molar-refractivity contribution in [2.24, 2.45) is 23.7 Å². The zero-order valence-electron chi connectivity index (χ0n) is 40.6. The molecule has 2 aliphatic rings. The monoisotopic (exact) mass is 853 g/mol. The van der Waals surface area contributed by atoms with Crippen LogP contribution in [0.15, 0.2) is 85.2 Å². The largest absolute Gasteiger partial charge is 0.365 e. The van der Waals surface area contributed by atoms with Gasteiger partial charge in [-0.25, -0.2) is 0 Å². The van der Waals surface area contributed by atoms with E-state index in [1.165, 1.54) is 200 Å². The summed E-state index contributed by atoms with van der Waals surface area (Å²) in [5, 5.41) is 0. The van der Waals surface area contributed by atoms with E-state index < -0.39 is 0 Å². The molecule has 0 N–H and O–H groups in total. The van der Waals surface area contributed by atoms with E-state index in [0.717, 1.165) is 36.1 Å². The average Bonchev–Trinajstić information content (AvgIpc) is 3.33. The van der Waals surface area contributed by atoms with E-state index in [4.69, 9.17) is 14.7 Å². The van der Waals surface area contributed by atoms with Gasteiger partial charge in [0, 0.05) is 23.5 Å². The molecule has 2 saturated carbocycles. The molecule has 2 heterocycles. The number of ether oxygens (including phenoxy) is 1. The highest BCUT2D eigenvalue weighted by Gasteiger charge is 2.36. The molecular formula is C60H88N2O. The standard InChI is InChI=1S/C60H88N2O/c1-5-9-13-15-19-21-47-25-31-53(32-26-47)59(55-39-35-51(36-40-55)57-43-29-49(45-61-57)23-17-11-7-3)63-60(54-33-27-48(28-34-54)22-20-16-14-10-6-2)56-41-37-52(38-42-56)58-44-30-50(46-62-58)24-18-12-8-4/h29-30,35-48,53-54,59-60H,5-28,31-34H2,1-4H3. The Morgan fingerprint density at radius 2 is 0.778 bits per heavy atom. The molecule has 2 aromatic carbocycles. The second-order valence-corrected chi connectivity index (χ2v) is 20.2. The molecular weight excluding hydrogens is 765 g/mol. The molecule has 6 rings (SSSR count). The smallest absolute Gasteiger partial charge is 0.0861 e. The summed E-state index contributed by atoms with van der Waals surface area (Å²) in [6.45, 7) is 9.19. The van der Waals surface area contributed by atoms with Crippen LogP contribution in [0.5, 0.6) is 0 Å². The van der Waals surface area contributed by atoms with Crippen LogP contribution < -0.4 is 0 Å². The van der Waals surface area contributed by atoms with Crippen LogP contribution in [0.2, 0.25) is 0 Å². The lowest BCUT2D eigenvalue weighted by molar-refractivity contribution is -0.0907. The summed E-state index contributed by atoms with van der Waals surface area (Å²) in [5.74, 6) is 2.83. The zero-order chi connectivity index (χ0) is 43.9. The molecule has 3 nitrogen and oxygen atoms in total. The molecule has 0 amide bonds. The zero-order valence-corrected chi connectivity index (χ0v) is 40.6. The van der Waals surface area contributed by atoms with Crippen LogP contribution in [0.3, 0.4) is 0 Å². The molecule has 344 valence electrons. The highest BCUT2D eigenvalue weighted by molar-refractivity contribution is 5.60. The van der Waals surface area contributed by atoms with Crippen molar-refractivity contribution in [3.8, 4) is 22.5 Å². The lowest BCUT2D eigenvalue weighted by Crippen LogP contribution is -2.28. The maximum atomic E-state index is 7.81. The fraction of sp³-hybridized carbons (Fsp3) is 0.633. The quantitative estimate of drug-likeness (QED) is 0.0534. The second-order valence-electron chi connectivity index (χ2n) is 20.2. The molecule has 0 saturated heterocycles. The first-order valence-electron chi connectivity index (χ1n) is 26.8. The molecule has 3 heteroatoms. The van der Waals surface area contributed by atoms with Crippen LogP contribution in [0.25, 0.3) is 22.5 Å². The van der Waals surface area contributed by atoms with Crippen LogP contribution in [-0.4, -0.2) is 9.97 Å². The van der Waals surface area contributed by atoms with Gasteiger partial charge in [0.05, 0.1) is 23.6 Å². The molecule has 2 fully saturated rings. The first-order chi connectivity index (χ1) is 31.1. The Balaban J connectivity index is 1.22. The molecule has 2 atom stereocenters. The van der Waals surface area contributed by atoms with E-state index in [1.54, 1.807) is 0 Å². The Bertz CT molecular complexity index is 1630. The summed E-state index contributed by atoms with van der Waals surface area (Å²) in [4.78, 5) is 9.88. The lowest BCUT2D eigenvalue weighted by atomic mass is 9.74. The van der Waals surface area contributed by atoms with Crippen molar-refractivity contribution in [2.75, 3.05) is 0 Å². The molecule has 2 aromatic heterocycles. The number of pyridine rings is 2. The number of aryl methyl sites for hydroxylation is 2.